The first-order valence-electron chi connectivity index (χ1n) is 5.36. The maximum absolute atomic E-state index is 5.29. The van der Waals surface area contributed by atoms with Crippen LogP contribution in [-0.4, -0.2) is 0 Å². The molecule has 0 spiro atoms. The van der Waals surface area contributed by atoms with Crippen molar-refractivity contribution in [3.8, 4) is 0 Å². The molecule has 1 atom stereocenters. The van der Waals surface area contributed by atoms with E-state index in [0.717, 1.165) is 12.3 Å². The molecule has 1 heterocycles. The van der Waals surface area contributed by atoms with Crippen molar-refractivity contribution >= 4 is 5.88 Å². The topological polar surface area (TPSA) is 25.2 Å². The Morgan fingerprint density at radius 2 is 1.94 bits per heavy atom. The zero-order valence-electron chi connectivity index (χ0n) is 9.47. The van der Waals surface area contributed by atoms with Crippen LogP contribution in [0.25, 0.3) is 0 Å². The largest absolute Gasteiger partial charge is 1.00 e. The van der Waals surface area contributed by atoms with Crippen molar-refractivity contribution in [2.45, 2.75) is 12.5 Å². The molecule has 90 valence electrons. The van der Waals surface area contributed by atoms with Gasteiger partial charge in [0.15, 0.2) is 5.88 Å². The highest BCUT2D eigenvalue weighted by atomic mass is 35.5. The molecule has 0 radical (unpaired) electrons. The van der Waals surface area contributed by atoms with E-state index < -0.39 is 0 Å². The van der Waals surface area contributed by atoms with Crippen molar-refractivity contribution in [1.29, 1.82) is 0 Å². The molecule has 0 fully saturated rings. The summed E-state index contributed by atoms with van der Waals surface area (Å²) in [5.41, 5.74) is 1.24. The Morgan fingerprint density at radius 1 is 1.18 bits per heavy atom. The minimum atomic E-state index is 0. The third-order valence-electron chi connectivity index (χ3n) is 2.44. The summed E-state index contributed by atoms with van der Waals surface area (Å²) in [6, 6.07) is 14.3. The molecule has 1 N–H and O–H groups in total. The summed E-state index contributed by atoms with van der Waals surface area (Å²) in [5, 5.41) is 3.34. The van der Waals surface area contributed by atoms with E-state index in [0.29, 0.717) is 0 Å². The molecule has 0 amide bonds. The first-order valence-corrected chi connectivity index (χ1v) is 5.36. The molecule has 3 heteroatoms. The summed E-state index contributed by atoms with van der Waals surface area (Å²) in [6.07, 6.45) is 4.44. The van der Waals surface area contributed by atoms with Crippen LogP contribution in [0.4, 0.5) is 5.88 Å². The molecule has 0 saturated carbocycles. The van der Waals surface area contributed by atoms with E-state index in [1.807, 2.05) is 36.4 Å². The molecule has 1 aromatic heterocycles. The Bertz CT molecular complexity index is 425. The zero-order chi connectivity index (χ0) is 11.2. The number of furan rings is 1. The predicted molar refractivity (Wildman–Crippen MR) is 66.3 cm³/mol. The quantitative estimate of drug-likeness (QED) is 0.800. The molecule has 0 saturated heterocycles. The van der Waals surface area contributed by atoms with Crippen molar-refractivity contribution in [2.75, 3.05) is 5.32 Å². The molecule has 0 aliphatic heterocycles. The molecule has 0 aliphatic carbocycles. The molecule has 2 nitrogen and oxygen atoms in total. The van der Waals surface area contributed by atoms with Gasteiger partial charge in [0.05, 0.1) is 12.3 Å². The number of rotatable bonds is 5. The van der Waals surface area contributed by atoms with E-state index in [1.165, 1.54) is 5.56 Å². The van der Waals surface area contributed by atoms with Gasteiger partial charge in [-0.15, -0.1) is 6.58 Å². The van der Waals surface area contributed by atoms with Gasteiger partial charge in [0.1, 0.15) is 0 Å². The minimum Gasteiger partial charge on any atom is -1.00 e. The lowest BCUT2D eigenvalue weighted by Crippen LogP contribution is -3.00. The molecule has 1 unspecified atom stereocenters. The molecule has 0 aliphatic rings. The third-order valence-corrected chi connectivity index (χ3v) is 2.44. The molecular weight excluding hydrogens is 234 g/mol. The molecule has 2 rings (SSSR count). The van der Waals surface area contributed by atoms with E-state index in [2.05, 4.69) is 24.0 Å². The van der Waals surface area contributed by atoms with E-state index in [4.69, 9.17) is 4.42 Å². The van der Waals surface area contributed by atoms with Crippen molar-refractivity contribution in [3.63, 3.8) is 0 Å². The lowest BCUT2D eigenvalue weighted by molar-refractivity contribution is -0.00000370. The lowest BCUT2D eigenvalue weighted by Gasteiger charge is -2.16. The van der Waals surface area contributed by atoms with Crippen molar-refractivity contribution in [3.05, 3.63) is 66.9 Å². The summed E-state index contributed by atoms with van der Waals surface area (Å²) in [6.45, 7) is 3.78. The molecule has 17 heavy (non-hydrogen) atoms. The van der Waals surface area contributed by atoms with E-state index >= 15 is 0 Å². The van der Waals surface area contributed by atoms with Gasteiger partial charge in [0.2, 0.25) is 0 Å². The number of anilines is 1. The Balaban J connectivity index is 0.00000144. The standard InChI is InChI=1S/C14H15NO.ClH/c1-2-7-13(12-8-4-3-5-9-12)15-14-10-6-11-16-14;/h2-6,8-11,13,15H,1,7H2;1H/p-1. The second-order valence-corrected chi connectivity index (χ2v) is 3.61. The normalized spacial score (nSPS) is 11.3. The van der Waals surface area contributed by atoms with Gasteiger partial charge < -0.3 is 22.1 Å². The van der Waals surface area contributed by atoms with Gasteiger partial charge in [-0.05, 0) is 18.1 Å². The van der Waals surface area contributed by atoms with Gasteiger partial charge in [-0.2, -0.15) is 0 Å². The van der Waals surface area contributed by atoms with Crippen LogP contribution in [0.15, 0.2) is 65.8 Å². The highest BCUT2D eigenvalue weighted by Gasteiger charge is 2.09. The zero-order valence-corrected chi connectivity index (χ0v) is 10.2. The Hall–Kier alpha value is -1.67. The number of halogens is 1. The average Bonchev–Trinajstić information content (AvgIpc) is 2.83. The Kier molecular flexibility index (Phi) is 5.37. The van der Waals surface area contributed by atoms with Crippen LogP contribution in [0.3, 0.4) is 0 Å². The van der Waals surface area contributed by atoms with Crippen LogP contribution in [0.1, 0.15) is 18.0 Å². The molecule has 1 aromatic carbocycles. The van der Waals surface area contributed by atoms with Crippen LogP contribution in [0.5, 0.6) is 0 Å². The summed E-state index contributed by atoms with van der Waals surface area (Å²) in [7, 11) is 0. The first-order chi connectivity index (χ1) is 7.90. The van der Waals surface area contributed by atoms with Gasteiger partial charge in [0, 0.05) is 6.07 Å². The van der Waals surface area contributed by atoms with Gasteiger partial charge >= 0.3 is 0 Å². The van der Waals surface area contributed by atoms with Gasteiger partial charge in [-0.25, -0.2) is 0 Å². The van der Waals surface area contributed by atoms with E-state index in [1.54, 1.807) is 6.26 Å². The summed E-state index contributed by atoms with van der Waals surface area (Å²) < 4.78 is 5.29. The molecule has 0 bridgehead atoms. The van der Waals surface area contributed by atoms with Gasteiger partial charge in [-0.3, -0.25) is 0 Å². The first kappa shape index (κ1) is 13.4. The van der Waals surface area contributed by atoms with Crippen LogP contribution < -0.4 is 17.7 Å². The maximum atomic E-state index is 5.29. The summed E-state index contributed by atoms with van der Waals surface area (Å²) in [5.74, 6) is 0.788. The van der Waals surface area contributed by atoms with Crippen molar-refractivity contribution in [1.82, 2.24) is 0 Å². The number of hydrogen-bond donors (Lipinski definition) is 1. The second-order valence-electron chi connectivity index (χ2n) is 3.61. The molecular formula is C14H15ClNO-. The second kappa shape index (κ2) is 6.81. The third kappa shape index (κ3) is 3.68. The number of nitrogens with one attached hydrogen (secondary N) is 1. The SMILES string of the molecule is C=CCC(Nc1ccco1)c1ccccc1.[Cl-]. The fourth-order valence-electron chi connectivity index (χ4n) is 1.66. The van der Waals surface area contributed by atoms with Crippen LogP contribution in [0, 0.1) is 0 Å². The summed E-state index contributed by atoms with van der Waals surface area (Å²) in [4.78, 5) is 0. The van der Waals surface area contributed by atoms with E-state index in [9.17, 15) is 0 Å². The molecule has 2 aromatic rings. The average molecular weight is 249 g/mol. The summed E-state index contributed by atoms with van der Waals surface area (Å²) >= 11 is 0. The maximum Gasteiger partial charge on any atom is 0.193 e. The van der Waals surface area contributed by atoms with Crippen molar-refractivity contribution < 1.29 is 16.8 Å². The van der Waals surface area contributed by atoms with Crippen molar-refractivity contribution in [2.24, 2.45) is 0 Å². The number of hydrogen-bond acceptors (Lipinski definition) is 2. The Morgan fingerprint density at radius 3 is 2.53 bits per heavy atom. The van der Waals surface area contributed by atoms with Crippen LogP contribution >= 0.6 is 0 Å². The smallest absolute Gasteiger partial charge is 0.193 e. The highest BCUT2D eigenvalue weighted by molar-refractivity contribution is 5.35. The highest BCUT2D eigenvalue weighted by Crippen LogP contribution is 2.22. The Labute approximate surface area is 108 Å². The predicted octanol–water partition coefficient (Wildman–Crippen LogP) is 1.01. The fourth-order valence-corrected chi connectivity index (χ4v) is 1.66. The van der Waals surface area contributed by atoms with Crippen LogP contribution in [0.2, 0.25) is 0 Å². The minimum absolute atomic E-state index is 0. The van der Waals surface area contributed by atoms with Crippen LogP contribution in [-0.2, 0) is 0 Å². The fraction of sp³-hybridized carbons (Fsp3) is 0.143. The monoisotopic (exact) mass is 248 g/mol. The van der Waals surface area contributed by atoms with Gasteiger partial charge in [0.25, 0.3) is 0 Å². The van der Waals surface area contributed by atoms with E-state index in [-0.39, 0.29) is 18.4 Å². The lowest BCUT2D eigenvalue weighted by atomic mass is 10.0. The van der Waals surface area contributed by atoms with Gasteiger partial charge in [-0.1, -0.05) is 36.4 Å². The number of benzene rings is 1.